The lowest BCUT2D eigenvalue weighted by Gasteiger charge is -2.23. The molecule has 128 valence electrons. The second kappa shape index (κ2) is 6.56. The SMILES string of the molecule is CCn1cc(C(=O)NCC2(O)CCN(c3ncccn3)C2)c(C)n1. The van der Waals surface area contributed by atoms with Crippen molar-refractivity contribution in [3.05, 3.63) is 35.9 Å². The quantitative estimate of drug-likeness (QED) is 0.822. The van der Waals surface area contributed by atoms with Crippen LogP contribution in [0, 0.1) is 6.92 Å². The average molecular weight is 330 g/mol. The fourth-order valence-electron chi connectivity index (χ4n) is 2.87. The van der Waals surface area contributed by atoms with Crippen molar-refractivity contribution in [1.82, 2.24) is 25.1 Å². The molecular formula is C16H22N6O2. The van der Waals surface area contributed by atoms with Crippen molar-refractivity contribution in [2.75, 3.05) is 24.5 Å². The zero-order valence-corrected chi connectivity index (χ0v) is 13.9. The van der Waals surface area contributed by atoms with Gasteiger partial charge in [-0.3, -0.25) is 9.48 Å². The topological polar surface area (TPSA) is 96.2 Å². The van der Waals surface area contributed by atoms with Crippen molar-refractivity contribution < 1.29 is 9.90 Å². The van der Waals surface area contributed by atoms with Gasteiger partial charge in [-0.1, -0.05) is 0 Å². The van der Waals surface area contributed by atoms with Crippen LogP contribution in [0.15, 0.2) is 24.7 Å². The number of hydrogen-bond donors (Lipinski definition) is 2. The van der Waals surface area contributed by atoms with Crippen LogP contribution in [-0.4, -0.2) is 56.0 Å². The predicted molar refractivity (Wildman–Crippen MR) is 88.8 cm³/mol. The molecule has 1 fully saturated rings. The number of rotatable bonds is 5. The number of aromatic nitrogens is 4. The highest BCUT2D eigenvalue weighted by atomic mass is 16.3. The number of β-amino-alcohol motifs (C(OH)–C–C–N with tert-alkyl or cyclic N) is 1. The third-order valence-corrected chi connectivity index (χ3v) is 4.26. The second-order valence-corrected chi connectivity index (χ2v) is 6.11. The maximum atomic E-state index is 12.3. The summed E-state index contributed by atoms with van der Waals surface area (Å²) in [5.74, 6) is 0.384. The van der Waals surface area contributed by atoms with Crippen molar-refractivity contribution in [2.24, 2.45) is 0 Å². The number of aliphatic hydroxyl groups is 1. The van der Waals surface area contributed by atoms with Crippen molar-refractivity contribution in [3.63, 3.8) is 0 Å². The zero-order valence-electron chi connectivity index (χ0n) is 13.9. The van der Waals surface area contributed by atoms with Gasteiger partial charge in [0, 0.05) is 38.2 Å². The number of amides is 1. The summed E-state index contributed by atoms with van der Waals surface area (Å²) in [6.45, 7) is 5.72. The first-order valence-electron chi connectivity index (χ1n) is 8.07. The van der Waals surface area contributed by atoms with Crippen LogP contribution in [0.2, 0.25) is 0 Å². The number of carbonyl (C=O) groups is 1. The molecule has 1 aliphatic rings. The lowest BCUT2D eigenvalue weighted by Crippen LogP contribution is -2.45. The van der Waals surface area contributed by atoms with E-state index >= 15 is 0 Å². The van der Waals surface area contributed by atoms with E-state index in [4.69, 9.17) is 0 Å². The first-order valence-corrected chi connectivity index (χ1v) is 8.07. The van der Waals surface area contributed by atoms with Crippen molar-refractivity contribution in [3.8, 4) is 0 Å². The fraction of sp³-hybridized carbons (Fsp3) is 0.500. The molecule has 2 N–H and O–H groups in total. The zero-order chi connectivity index (χ0) is 17.2. The van der Waals surface area contributed by atoms with Gasteiger partial charge in [0.15, 0.2) is 0 Å². The first-order chi connectivity index (χ1) is 11.5. The maximum absolute atomic E-state index is 12.3. The van der Waals surface area contributed by atoms with Crippen molar-refractivity contribution in [1.29, 1.82) is 0 Å². The van der Waals surface area contributed by atoms with Crippen LogP contribution in [0.1, 0.15) is 29.4 Å². The molecule has 2 aromatic heterocycles. The summed E-state index contributed by atoms with van der Waals surface area (Å²) < 4.78 is 1.73. The molecule has 1 aliphatic heterocycles. The molecular weight excluding hydrogens is 308 g/mol. The van der Waals surface area contributed by atoms with Gasteiger partial charge in [0.1, 0.15) is 5.60 Å². The van der Waals surface area contributed by atoms with Crippen LogP contribution in [0.25, 0.3) is 0 Å². The van der Waals surface area contributed by atoms with E-state index < -0.39 is 5.60 Å². The third kappa shape index (κ3) is 3.38. The lowest BCUT2D eigenvalue weighted by atomic mass is 10.0. The van der Waals surface area contributed by atoms with Gasteiger partial charge in [0.25, 0.3) is 5.91 Å². The van der Waals surface area contributed by atoms with Gasteiger partial charge >= 0.3 is 0 Å². The Kier molecular flexibility index (Phi) is 4.48. The Labute approximate surface area is 140 Å². The number of nitrogens with zero attached hydrogens (tertiary/aromatic N) is 5. The van der Waals surface area contributed by atoms with E-state index in [0.717, 1.165) is 0 Å². The van der Waals surface area contributed by atoms with E-state index in [-0.39, 0.29) is 12.5 Å². The van der Waals surface area contributed by atoms with Crippen LogP contribution < -0.4 is 10.2 Å². The molecule has 3 rings (SSSR count). The fourth-order valence-corrected chi connectivity index (χ4v) is 2.87. The standard InChI is InChI=1S/C16H22N6O2/c1-3-22-9-13(12(2)20-22)14(23)19-10-16(24)5-8-21(11-16)15-17-6-4-7-18-15/h4,6-7,9,24H,3,5,8,10-11H2,1-2H3,(H,19,23). The van der Waals surface area contributed by atoms with E-state index in [1.54, 1.807) is 36.3 Å². The highest BCUT2D eigenvalue weighted by Gasteiger charge is 2.37. The molecule has 0 radical (unpaired) electrons. The van der Waals surface area contributed by atoms with Gasteiger partial charge in [0.2, 0.25) is 5.95 Å². The molecule has 0 aliphatic carbocycles. The van der Waals surface area contributed by atoms with Crippen molar-refractivity contribution in [2.45, 2.75) is 32.4 Å². The van der Waals surface area contributed by atoms with E-state index in [9.17, 15) is 9.90 Å². The van der Waals surface area contributed by atoms with Gasteiger partial charge in [-0.05, 0) is 26.3 Å². The Morgan fingerprint density at radius 3 is 2.83 bits per heavy atom. The third-order valence-electron chi connectivity index (χ3n) is 4.26. The summed E-state index contributed by atoms with van der Waals surface area (Å²) in [6.07, 6.45) is 5.64. The molecule has 3 heterocycles. The van der Waals surface area contributed by atoms with Gasteiger partial charge in [0.05, 0.1) is 17.8 Å². The minimum Gasteiger partial charge on any atom is -0.386 e. The number of carbonyl (C=O) groups excluding carboxylic acids is 1. The molecule has 8 nitrogen and oxygen atoms in total. The summed E-state index contributed by atoms with van der Waals surface area (Å²) in [5, 5.41) is 17.8. The molecule has 0 bridgehead atoms. The summed E-state index contributed by atoms with van der Waals surface area (Å²) in [7, 11) is 0. The molecule has 1 amide bonds. The summed E-state index contributed by atoms with van der Waals surface area (Å²) in [6, 6.07) is 1.75. The first kappa shape index (κ1) is 16.4. The number of anilines is 1. The van der Waals surface area contributed by atoms with Crippen LogP contribution in [0.3, 0.4) is 0 Å². The molecule has 2 aromatic rings. The highest BCUT2D eigenvalue weighted by Crippen LogP contribution is 2.23. The van der Waals surface area contributed by atoms with Gasteiger partial charge in [-0.2, -0.15) is 5.10 Å². The van der Waals surface area contributed by atoms with Gasteiger partial charge < -0.3 is 15.3 Å². The van der Waals surface area contributed by atoms with E-state index in [1.807, 2.05) is 11.8 Å². The normalized spacial score (nSPS) is 20.4. The maximum Gasteiger partial charge on any atom is 0.254 e. The van der Waals surface area contributed by atoms with E-state index in [2.05, 4.69) is 20.4 Å². The number of nitrogens with one attached hydrogen (secondary N) is 1. The molecule has 1 atom stereocenters. The molecule has 1 unspecified atom stereocenters. The monoisotopic (exact) mass is 330 g/mol. The van der Waals surface area contributed by atoms with Crippen LogP contribution in [0.5, 0.6) is 0 Å². The molecule has 0 aromatic carbocycles. The smallest absolute Gasteiger partial charge is 0.254 e. The minimum atomic E-state index is -0.983. The largest absolute Gasteiger partial charge is 0.386 e. The number of aryl methyl sites for hydroxylation is 2. The molecule has 1 saturated heterocycles. The average Bonchev–Trinajstić information content (AvgIpc) is 3.17. The Balaban J connectivity index is 1.60. The molecule has 8 heteroatoms. The molecule has 24 heavy (non-hydrogen) atoms. The summed E-state index contributed by atoms with van der Waals surface area (Å²) in [5.41, 5.74) is 0.248. The van der Waals surface area contributed by atoms with Gasteiger partial charge in [-0.25, -0.2) is 9.97 Å². The van der Waals surface area contributed by atoms with Crippen molar-refractivity contribution >= 4 is 11.9 Å². The Morgan fingerprint density at radius 2 is 2.17 bits per heavy atom. The van der Waals surface area contributed by atoms with E-state index in [0.29, 0.717) is 43.3 Å². The van der Waals surface area contributed by atoms with Crippen LogP contribution in [0.4, 0.5) is 5.95 Å². The predicted octanol–water partition coefficient (Wildman–Crippen LogP) is 0.373. The number of hydrogen-bond acceptors (Lipinski definition) is 6. The summed E-state index contributed by atoms with van der Waals surface area (Å²) in [4.78, 5) is 22.7. The van der Waals surface area contributed by atoms with Crippen LogP contribution >= 0.6 is 0 Å². The Bertz CT molecular complexity index is 717. The minimum absolute atomic E-state index is 0.186. The second-order valence-electron chi connectivity index (χ2n) is 6.11. The summed E-state index contributed by atoms with van der Waals surface area (Å²) >= 11 is 0. The lowest BCUT2D eigenvalue weighted by molar-refractivity contribution is 0.0575. The van der Waals surface area contributed by atoms with Crippen LogP contribution in [-0.2, 0) is 6.54 Å². The highest BCUT2D eigenvalue weighted by molar-refractivity contribution is 5.95. The Morgan fingerprint density at radius 1 is 1.42 bits per heavy atom. The molecule has 0 saturated carbocycles. The Hall–Kier alpha value is -2.48. The molecule has 0 spiro atoms. The van der Waals surface area contributed by atoms with E-state index in [1.165, 1.54) is 0 Å². The van der Waals surface area contributed by atoms with Gasteiger partial charge in [-0.15, -0.1) is 0 Å².